The van der Waals surface area contributed by atoms with Gasteiger partial charge in [-0.3, -0.25) is 0 Å². The highest BCUT2D eigenvalue weighted by molar-refractivity contribution is 5.72. The summed E-state index contributed by atoms with van der Waals surface area (Å²) in [5, 5.41) is 0. The van der Waals surface area contributed by atoms with Gasteiger partial charge in [0.1, 0.15) is 11.5 Å². The van der Waals surface area contributed by atoms with E-state index in [9.17, 15) is 0 Å². The van der Waals surface area contributed by atoms with Crippen molar-refractivity contribution in [2.24, 2.45) is 0 Å². The first-order valence-corrected chi connectivity index (χ1v) is 10.1. The molecule has 0 unspecified atom stereocenters. The Bertz CT molecular complexity index is 933. The first-order valence-electron chi connectivity index (χ1n) is 10.1. The summed E-state index contributed by atoms with van der Waals surface area (Å²) in [5.74, 6) is 2.32. The minimum Gasteiger partial charge on any atom is -0.496 e. The number of hydrogen-bond donors (Lipinski definition) is 0. The fourth-order valence-corrected chi connectivity index (χ4v) is 4.03. The molecule has 0 bridgehead atoms. The van der Waals surface area contributed by atoms with Gasteiger partial charge in [-0.25, -0.2) is 4.98 Å². The molecule has 2 heterocycles. The summed E-state index contributed by atoms with van der Waals surface area (Å²) >= 11 is 0. The van der Waals surface area contributed by atoms with E-state index in [1.54, 1.807) is 7.11 Å². The summed E-state index contributed by atoms with van der Waals surface area (Å²) in [7, 11) is 1.69. The highest BCUT2D eigenvalue weighted by atomic mass is 16.5. The SMILES string of the molecule is COc1cc(-c2ccccc2)ccc1-c1nc(CCN2CCC[C@H]2C)c(C)o1. The first-order chi connectivity index (χ1) is 13.7. The maximum Gasteiger partial charge on any atom is 0.230 e. The topological polar surface area (TPSA) is 38.5 Å². The molecule has 0 amide bonds. The second kappa shape index (κ2) is 8.19. The molecule has 0 saturated carbocycles. The molecule has 0 aliphatic carbocycles. The van der Waals surface area contributed by atoms with Crippen molar-refractivity contribution in [1.29, 1.82) is 0 Å². The van der Waals surface area contributed by atoms with Gasteiger partial charge in [-0.1, -0.05) is 36.4 Å². The highest BCUT2D eigenvalue weighted by Gasteiger charge is 2.21. The zero-order valence-corrected chi connectivity index (χ0v) is 16.9. The number of aromatic nitrogens is 1. The van der Waals surface area contributed by atoms with E-state index in [4.69, 9.17) is 14.1 Å². The standard InChI is InChI=1S/C24H28N2O2/c1-17-8-7-14-26(17)15-13-22-18(2)28-24(25-22)21-12-11-20(16-23(21)27-3)19-9-5-4-6-10-19/h4-6,9-12,16-17H,7-8,13-15H2,1-3H3/t17-/m1/s1. The van der Waals surface area contributed by atoms with Crippen LogP contribution in [0.2, 0.25) is 0 Å². The fraction of sp³-hybridized carbons (Fsp3) is 0.375. The molecule has 1 aromatic heterocycles. The molecule has 146 valence electrons. The Labute approximate surface area is 167 Å². The molecule has 28 heavy (non-hydrogen) atoms. The van der Waals surface area contributed by atoms with Gasteiger partial charge in [0.15, 0.2) is 0 Å². The van der Waals surface area contributed by atoms with Crippen molar-refractivity contribution in [2.75, 3.05) is 20.2 Å². The van der Waals surface area contributed by atoms with E-state index < -0.39 is 0 Å². The Kier molecular flexibility index (Phi) is 5.49. The van der Waals surface area contributed by atoms with Crippen LogP contribution in [0.15, 0.2) is 52.9 Å². The Balaban J connectivity index is 1.57. The van der Waals surface area contributed by atoms with Gasteiger partial charge in [-0.2, -0.15) is 0 Å². The van der Waals surface area contributed by atoms with Gasteiger partial charge in [-0.05, 0) is 56.5 Å². The van der Waals surface area contributed by atoms with E-state index >= 15 is 0 Å². The van der Waals surface area contributed by atoms with E-state index in [2.05, 4.69) is 36.1 Å². The zero-order chi connectivity index (χ0) is 19.5. The van der Waals surface area contributed by atoms with Crippen molar-refractivity contribution in [3.05, 3.63) is 60.0 Å². The number of nitrogens with zero attached hydrogens (tertiary/aromatic N) is 2. The van der Waals surface area contributed by atoms with Crippen LogP contribution in [-0.4, -0.2) is 36.1 Å². The molecule has 4 nitrogen and oxygen atoms in total. The van der Waals surface area contributed by atoms with Crippen LogP contribution < -0.4 is 4.74 Å². The molecule has 0 spiro atoms. The summed E-state index contributed by atoms with van der Waals surface area (Å²) in [6, 6.07) is 17.2. The Morgan fingerprint density at radius 2 is 1.96 bits per heavy atom. The van der Waals surface area contributed by atoms with E-state index in [1.807, 2.05) is 31.2 Å². The molecule has 2 aromatic carbocycles. The van der Waals surface area contributed by atoms with Gasteiger partial charge in [0.25, 0.3) is 0 Å². The molecule has 1 fully saturated rings. The lowest BCUT2D eigenvalue weighted by Gasteiger charge is -2.20. The molecule has 3 aromatic rings. The third-order valence-electron chi connectivity index (χ3n) is 5.76. The van der Waals surface area contributed by atoms with Crippen molar-refractivity contribution >= 4 is 0 Å². The normalized spacial score (nSPS) is 17.2. The van der Waals surface area contributed by atoms with Crippen LogP contribution in [0, 0.1) is 6.92 Å². The quantitative estimate of drug-likeness (QED) is 0.581. The second-order valence-corrected chi connectivity index (χ2v) is 7.58. The van der Waals surface area contributed by atoms with Crippen LogP contribution in [0.1, 0.15) is 31.2 Å². The van der Waals surface area contributed by atoms with Crippen LogP contribution >= 0.6 is 0 Å². The molecule has 1 atom stereocenters. The van der Waals surface area contributed by atoms with Gasteiger partial charge in [0, 0.05) is 19.0 Å². The lowest BCUT2D eigenvalue weighted by molar-refractivity contribution is 0.271. The van der Waals surface area contributed by atoms with Crippen molar-refractivity contribution < 1.29 is 9.15 Å². The van der Waals surface area contributed by atoms with E-state index in [-0.39, 0.29) is 0 Å². The number of methoxy groups -OCH3 is 1. The Morgan fingerprint density at radius 1 is 1.14 bits per heavy atom. The molecule has 1 aliphatic rings. The third kappa shape index (κ3) is 3.83. The molecule has 0 N–H and O–H groups in total. The zero-order valence-electron chi connectivity index (χ0n) is 16.9. The molecule has 4 rings (SSSR count). The number of rotatable bonds is 6. The average molecular weight is 377 g/mol. The van der Waals surface area contributed by atoms with Gasteiger partial charge in [0.2, 0.25) is 5.89 Å². The van der Waals surface area contributed by atoms with Crippen LogP contribution in [0.5, 0.6) is 5.75 Å². The lowest BCUT2D eigenvalue weighted by atomic mass is 10.0. The number of benzene rings is 2. The molecule has 4 heteroatoms. The van der Waals surface area contributed by atoms with Gasteiger partial charge >= 0.3 is 0 Å². The first kappa shape index (κ1) is 18.8. The van der Waals surface area contributed by atoms with Crippen LogP contribution in [0.3, 0.4) is 0 Å². The highest BCUT2D eigenvalue weighted by Crippen LogP contribution is 2.34. The van der Waals surface area contributed by atoms with Gasteiger partial charge < -0.3 is 14.1 Å². The molecular formula is C24H28N2O2. The fourth-order valence-electron chi connectivity index (χ4n) is 4.03. The average Bonchev–Trinajstić information content (AvgIpc) is 3.31. The largest absolute Gasteiger partial charge is 0.496 e. The summed E-state index contributed by atoms with van der Waals surface area (Å²) in [6.45, 7) is 6.55. The maximum absolute atomic E-state index is 6.02. The van der Waals surface area contributed by atoms with Crippen LogP contribution in [0.4, 0.5) is 0 Å². The monoisotopic (exact) mass is 376 g/mol. The number of aryl methyl sites for hydroxylation is 1. The predicted molar refractivity (Wildman–Crippen MR) is 113 cm³/mol. The van der Waals surface area contributed by atoms with Crippen molar-refractivity contribution in [2.45, 2.75) is 39.2 Å². The van der Waals surface area contributed by atoms with Crippen molar-refractivity contribution in [1.82, 2.24) is 9.88 Å². The molecule has 0 radical (unpaired) electrons. The number of hydrogen-bond acceptors (Lipinski definition) is 4. The van der Waals surface area contributed by atoms with Gasteiger partial charge in [-0.15, -0.1) is 0 Å². The minimum atomic E-state index is 0.637. The van der Waals surface area contributed by atoms with E-state index in [0.717, 1.165) is 46.9 Å². The maximum atomic E-state index is 6.02. The number of oxazole rings is 1. The summed E-state index contributed by atoms with van der Waals surface area (Å²) < 4.78 is 11.7. The molecule has 1 aliphatic heterocycles. The summed E-state index contributed by atoms with van der Waals surface area (Å²) in [5.41, 5.74) is 4.22. The van der Waals surface area contributed by atoms with Crippen molar-refractivity contribution in [3.8, 4) is 28.3 Å². The van der Waals surface area contributed by atoms with Gasteiger partial charge in [0.05, 0.1) is 18.4 Å². The van der Waals surface area contributed by atoms with Crippen LogP contribution in [-0.2, 0) is 6.42 Å². The third-order valence-corrected chi connectivity index (χ3v) is 5.76. The summed E-state index contributed by atoms with van der Waals surface area (Å²) in [6.07, 6.45) is 3.52. The summed E-state index contributed by atoms with van der Waals surface area (Å²) in [4.78, 5) is 7.35. The van der Waals surface area contributed by atoms with E-state index in [0.29, 0.717) is 11.9 Å². The Morgan fingerprint density at radius 3 is 2.68 bits per heavy atom. The number of likely N-dealkylation sites (tertiary alicyclic amines) is 1. The predicted octanol–water partition coefficient (Wildman–Crippen LogP) is 5.35. The lowest BCUT2D eigenvalue weighted by Crippen LogP contribution is -2.29. The Hall–Kier alpha value is -2.59. The number of ether oxygens (including phenoxy) is 1. The minimum absolute atomic E-state index is 0.637. The molecule has 1 saturated heterocycles. The van der Waals surface area contributed by atoms with Crippen molar-refractivity contribution in [3.63, 3.8) is 0 Å². The smallest absolute Gasteiger partial charge is 0.230 e. The van der Waals surface area contributed by atoms with E-state index in [1.165, 1.54) is 19.4 Å². The van der Waals surface area contributed by atoms with Crippen LogP contribution in [0.25, 0.3) is 22.6 Å². The molecular weight excluding hydrogens is 348 g/mol. The second-order valence-electron chi connectivity index (χ2n) is 7.58.